The highest BCUT2D eigenvalue weighted by atomic mass is 31.2. The molecule has 8 aromatic carbocycles. The third kappa shape index (κ3) is 8.91. The normalized spacial score (nSPS) is 11.0. The van der Waals surface area contributed by atoms with Crippen LogP contribution in [0.25, 0.3) is 0 Å². The van der Waals surface area contributed by atoms with Crippen molar-refractivity contribution in [3.63, 3.8) is 0 Å². The van der Waals surface area contributed by atoms with Crippen LogP contribution in [0.3, 0.4) is 0 Å². The van der Waals surface area contributed by atoms with E-state index in [0.717, 1.165) is 0 Å². The highest BCUT2D eigenvalue weighted by Gasteiger charge is 2.31. The van der Waals surface area contributed by atoms with Crippen LogP contribution in [0, 0.1) is 0 Å². The van der Waals surface area contributed by atoms with Crippen molar-refractivity contribution in [1.82, 2.24) is 0 Å². The number of hydrogen-bond donors (Lipinski definition) is 0. The summed E-state index contributed by atoms with van der Waals surface area (Å²) in [4.78, 5) is 0. The monoisotopic (exact) mass is 788 g/mol. The van der Waals surface area contributed by atoms with Crippen LogP contribution >= 0.6 is 31.7 Å². The second-order valence-electron chi connectivity index (χ2n) is 12.9. The van der Waals surface area contributed by atoms with Gasteiger partial charge in [0.15, 0.2) is 0 Å². The smallest absolute Gasteiger partial charge is 0.0446 e. The minimum atomic E-state index is -1.01. The summed E-state index contributed by atoms with van der Waals surface area (Å²) >= 11 is 0. The predicted octanol–water partition coefficient (Wildman–Crippen LogP) is 11.0. The summed E-state index contributed by atoms with van der Waals surface area (Å²) in [6.07, 6.45) is 0. The van der Waals surface area contributed by atoms with Crippen molar-refractivity contribution in [3.05, 3.63) is 264 Å². The van der Waals surface area contributed by atoms with Gasteiger partial charge in [-0.2, -0.15) is 0 Å². The molecule has 0 spiro atoms. The van der Waals surface area contributed by atoms with E-state index in [9.17, 15) is 0 Å². The molecule has 0 aromatic heterocycles. The molecule has 4 heteroatoms. The van der Waals surface area contributed by atoms with Gasteiger partial charge in [0.1, 0.15) is 0 Å². The van der Waals surface area contributed by atoms with Gasteiger partial charge in [0, 0.05) is 10.1 Å². The van der Waals surface area contributed by atoms with Gasteiger partial charge in [-0.3, -0.25) is 0 Å². The lowest BCUT2D eigenvalue weighted by molar-refractivity contribution is 1.74. The molecule has 0 saturated carbocycles. The maximum Gasteiger partial charge on any atom is 0.0446 e. The van der Waals surface area contributed by atoms with E-state index in [1.165, 1.54) is 52.5 Å². The molecule has 0 radical (unpaired) electrons. The molecule has 0 nitrogen and oxygen atoms in total. The first kappa shape index (κ1) is 37.7. The van der Waals surface area contributed by atoms with Gasteiger partial charge < -0.3 is 0 Å². The lowest BCUT2D eigenvalue weighted by Crippen LogP contribution is -2.19. The van der Waals surface area contributed by atoms with Gasteiger partial charge in [-0.25, -0.2) is 0 Å². The van der Waals surface area contributed by atoms with Crippen molar-refractivity contribution in [2.24, 2.45) is 0 Å². The minimum Gasteiger partial charge on any atom is -0.0622 e. The summed E-state index contributed by atoms with van der Waals surface area (Å²) in [6.45, 7) is 0. The number of benzene rings is 8. The second-order valence-corrected chi connectivity index (χ2v) is 22.2. The zero-order valence-corrected chi connectivity index (χ0v) is 34.5. The van der Waals surface area contributed by atoms with Crippen molar-refractivity contribution in [2.45, 2.75) is 0 Å². The van der Waals surface area contributed by atoms with Gasteiger partial charge in [-0.15, -0.1) is 0 Å². The lowest BCUT2D eigenvalue weighted by atomic mass is 10.4. The van der Waals surface area contributed by atoms with Crippen molar-refractivity contribution in [2.75, 3.05) is 0 Å². The summed E-state index contributed by atoms with van der Waals surface area (Å²) < 4.78 is 0. The molecular formula is C52H40P4. The highest BCUT2D eigenvalue weighted by molar-refractivity contribution is 7.95. The van der Waals surface area contributed by atoms with Crippen LogP contribution in [0.2, 0.25) is 0 Å². The maximum absolute atomic E-state index is 4.17. The molecule has 8 rings (SSSR count). The summed E-state index contributed by atoms with van der Waals surface area (Å²) in [5.41, 5.74) is 8.35. The van der Waals surface area contributed by atoms with Gasteiger partial charge >= 0.3 is 0 Å². The predicted molar refractivity (Wildman–Crippen MR) is 250 cm³/mol. The average Bonchev–Trinajstić information content (AvgIpc) is 3.28. The van der Waals surface area contributed by atoms with Crippen molar-refractivity contribution < 1.29 is 0 Å². The van der Waals surface area contributed by atoms with E-state index in [1.807, 2.05) is 0 Å². The Morgan fingerprint density at radius 3 is 0.446 bits per heavy atom. The SMILES string of the molecule is C(=C=C(P(c1ccccc1)c1ccccc1)P(c1ccccc1)c1ccccc1)=C(P(c1ccccc1)c1ccccc1)P(c1ccccc1)c1ccccc1. The number of rotatable bonds is 12. The van der Waals surface area contributed by atoms with Crippen LogP contribution in [-0.2, 0) is 0 Å². The standard InChI is InChI=1S/C52H40P4/c1-9-25-43(26-10-1)53(44-27-11-2-12-28-44)51(54(45-29-13-3-14-30-45)46-31-15-4-16-32-46)41-42-52(55(47-33-17-5-18-34-47)48-35-19-6-20-36-48)56(49-37-21-7-22-38-49)50-39-23-8-24-40-50/h1-40H. The van der Waals surface area contributed by atoms with E-state index in [1.54, 1.807) is 0 Å². The molecule has 0 unspecified atom stereocenters. The van der Waals surface area contributed by atoms with Gasteiger partial charge in [0.05, 0.1) is 0 Å². The Labute approximate surface area is 336 Å². The van der Waals surface area contributed by atoms with Crippen LogP contribution in [-0.4, -0.2) is 0 Å². The van der Waals surface area contributed by atoms with E-state index in [0.29, 0.717) is 0 Å². The molecule has 0 aliphatic carbocycles. The molecule has 0 bridgehead atoms. The van der Waals surface area contributed by atoms with Crippen LogP contribution in [0.5, 0.6) is 0 Å². The molecule has 0 amide bonds. The van der Waals surface area contributed by atoms with Crippen LogP contribution in [0.1, 0.15) is 0 Å². The summed E-state index contributed by atoms with van der Waals surface area (Å²) in [7, 11) is -4.06. The molecule has 56 heavy (non-hydrogen) atoms. The molecule has 0 aliphatic heterocycles. The van der Waals surface area contributed by atoms with E-state index < -0.39 is 31.7 Å². The zero-order valence-electron chi connectivity index (χ0n) is 30.9. The maximum atomic E-state index is 4.17. The van der Waals surface area contributed by atoms with Crippen LogP contribution in [0.4, 0.5) is 0 Å². The summed E-state index contributed by atoms with van der Waals surface area (Å²) in [5.74, 6) is 0. The highest BCUT2D eigenvalue weighted by Crippen LogP contribution is 2.61. The van der Waals surface area contributed by atoms with Crippen molar-refractivity contribution >= 4 is 74.1 Å². The molecule has 0 aliphatic rings. The Morgan fingerprint density at radius 2 is 0.321 bits per heavy atom. The molecule has 0 heterocycles. The topological polar surface area (TPSA) is 0 Å². The fourth-order valence-electron chi connectivity index (χ4n) is 6.73. The van der Waals surface area contributed by atoms with Gasteiger partial charge in [0.25, 0.3) is 0 Å². The van der Waals surface area contributed by atoms with E-state index in [-0.39, 0.29) is 0 Å². The molecule has 0 fully saturated rings. The lowest BCUT2D eigenvalue weighted by Gasteiger charge is -2.29. The fraction of sp³-hybridized carbons (Fsp3) is 0. The molecule has 0 N–H and O–H groups in total. The van der Waals surface area contributed by atoms with Crippen molar-refractivity contribution in [1.29, 1.82) is 0 Å². The number of hydrogen-bond acceptors (Lipinski definition) is 0. The molecule has 0 saturated heterocycles. The van der Waals surface area contributed by atoms with E-state index in [2.05, 4.69) is 254 Å². The Bertz CT molecular complexity index is 2010. The zero-order chi connectivity index (χ0) is 37.8. The third-order valence-electron chi connectivity index (χ3n) is 9.25. The molecule has 8 aromatic rings. The minimum absolute atomic E-state index is 1.01. The molecular weight excluding hydrogens is 748 g/mol. The van der Waals surface area contributed by atoms with E-state index >= 15 is 0 Å². The van der Waals surface area contributed by atoms with Gasteiger partial charge in [0.2, 0.25) is 0 Å². The quantitative estimate of drug-likeness (QED) is 0.0855. The van der Waals surface area contributed by atoms with Crippen LogP contribution in [0.15, 0.2) is 264 Å². The van der Waals surface area contributed by atoms with Gasteiger partial charge in [-0.1, -0.05) is 254 Å². The first-order chi connectivity index (χ1) is 27.8. The third-order valence-corrected chi connectivity index (χ3v) is 20.3. The first-order valence-corrected chi connectivity index (χ1v) is 24.1. The Balaban J connectivity index is 1.56. The Kier molecular flexibility index (Phi) is 12.8. The van der Waals surface area contributed by atoms with Crippen LogP contribution < -0.4 is 42.4 Å². The Hall–Kier alpha value is -5.22. The van der Waals surface area contributed by atoms with Gasteiger partial charge in [-0.05, 0) is 74.1 Å². The van der Waals surface area contributed by atoms with Crippen molar-refractivity contribution in [3.8, 4) is 0 Å². The largest absolute Gasteiger partial charge is 0.0622 e. The fourth-order valence-corrected chi connectivity index (χ4v) is 18.7. The molecule has 268 valence electrons. The summed E-state index contributed by atoms with van der Waals surface area (Å²) in [5, 5.41) is 13.0. The van der Waals surface area contributed by atoms with E-state index in [4.69, 9.17) is 0 Å². The first-order valence-electron chi connectivity index (χ1n) is 18.7. The average molecular weight is 789 g/mol. The summed E-state index contributed by atoms with van der Waals surface area (Å²) in [6, 6.07) is 88.7. The second kappa shape index (κ2) is 19.1. The Morgan fingerprint density at radius 1 is 0.196 bits per heavy atom. The molecule has 0 atom stereocenters.